The van der Waals surface area contributed by atoms with Crippen LogP contribution in [-0.4, -0.2) is 48.3 Å². The van der Waals surface area contributed by atoms with Gasteiger partial charge in [-0.3, -0.25) is 4.79 Å². The fraction of sp³-hybridized carbons (Fsp3) is 0.391. The molecule has 0 aliphatic carbocycles. The van der Waals surface area contributed by atoms with E-state index in [-0.39, 0.29) is 28.9 Å². The molecule has 2 aromatic rings. The van der Waals surface area contributed by atoms with E-state index in [9.17, 15) is 13.2 Å². The molecule has 8 heteroatoms. The number of pyridine rings is 1. The van der Waals surface area contributed by atoms with Gasteiger partial charge in [0.05, 0.1) is 12.8 Å². The Morgan fingerprint density at radius 2 is 1.87 bits per heavy atom. The summed E-state index contributed by atoms with van der Waals surface area (Å²) in [6.45, 7) is 7.63. The van der Waals surface area contributed by atoms with Crippen LogP contribution in [0.5, 0.6) is 5.88 Å². The van der Waals surface area contributed by atoms with Crippen LogP contribution >= 0.6 is 0 Å². The molecule has 166 valence electrons. The van der Waals surface area contributed by atoms with E-state index in [0.717, 1.165) is 12.0 Å². The largest absolute Gasteiger partial charge is 0.477 e. The van der Waals surface area contributed by atoms with E-state index in [4.69, 9.17) is 4.74 Å². The quantitative estimate of drug-likeness (QED) is 0.634. The number of carbonyl (C=O) groups excluding carboxylic acids is 1. The minimum atomic E-state index is -3.72. The number of benzene rings is 1. The summed E-state index contributed by atoms with van der Waals surface area (Å²) in [6, 6.07) is 12.5. The van der Waals surface area contributed by atoms with Crippen LogP contribution in [0.15, 0.2) is 66.2 Å². The van der Waals surface area contributed by atoms with Crippen molar-refractivity contribution < 1.29 is 17.9 Å². The minimum absolute atomic E-state index is 0.0829. The van der Waals surface area contributed by atoms with Gasteiger partial charge in [-0.05, 0) is 44.4 Å². The molecule has 0 bridgehead atoms. The maximum Gasteiger partial charge on any atom is 0.245 e. The second kappa shape index (κ2) is 10.1. The number of nitrogens with zero attached hydrogens (tertiary/aromatic N) is 2. The van der Waals surface area contributed by atoms with Gasteiger partial charge in [-0.2, -0.15) is 4.31 Å². The van der Waals surface area contributed by atoms with E-state index >= 15 is 0 Å². The van der Waals surface area contributed by atoms with Gasteiger partial charge in [0.25, 0.3) is 0 Å². The maximum atomic E-state index is 13.2. The van der Waals surface area contributed by atoms with Crippen LogP contribution in [0, 0.1) is 0 Å². The van der Waals surface area contributed by atoms with Crippen molar-refractivity contribution in [2.75, 3.05) is 6.61 Å². The second-order valence-corrected chi connectivity index (χ2v) is 9.67. The number of sulfonamides is 1. The lowest BCUT2D eigenvalue weighted by atomic mass is 9.95. The van der Waals surface area contributed by atoms with Crippen LogP contribution in [-0.2, 0) is 21.2 Å². The Morgan fingerprint density at radius 1 is 1.19 bits per heavy atom. The first-order chi connectivity index (χ1) is 14.8. The predicted molar refractivity (Wildman–Crippen MR) is 119 cm³/mol. The van der Waals surface area contributed by atoms with Crippen LogP contribution in [0.3, 0.4) is 0 Å². The highest BCUT2D eigenvalue weighted by Gasteiger charge is 2.39. The van der Waals surface area contributed by atoms with Crippen molar-refractivity contribution in [3.05, 3.63) is 66.9 Å². The number of hydrogen-bond acceptors (Lipinski definition) is 5. The molecule has 7 nitrogen and oxygen atoms in total. The number of aromatic nitrogens is 1. The highest BCUT2D eigenvalue weighted by atomic mass is 32.2. The lowest BCUT2D eigenvalue weighted by molar-refractivity contribution is -0.117. The third kappa shape index (κ3) is 5.71. The highest BCUT2D eigenvalue weighted by Crippen LogP contribution is 2.30. The maximum absolute atomic E-state index is 13.2. The van der Waals surface area contributed by atoms with Crippen LogP contribution in [0.4, 0.5) is 0 Å². The summed E-state index contributed by atoms with van der Waals surface area (Å²) >= 11 is 0. The van der Waals surface area contributed by atoms with Crippen molar-refractivity contribution >= 4 is 15.9 Å². The Hall–Kier alpha value is -2.71. The predicted octanol–water partition coefficient (Wildman–Crippen LogP) is 2.94. The Bertz CT molecular complexity index is 981. The van der Waals surface area contributed by atoms with E-state index in [1.54, 1.807) is 6.07 Å². The molecule has 1 amide bonds. The number of rotatable bonds is 8. The van der Waals surface area contributed by atoms with E-state index in [0.29, 0.717) is 25.3 Å². The summed E-state index contributed by atoms with van der Waals surface area (Å²) < 4.78 is 33.7. The van der Waals surface area contributed by atoms with Gasteiger partial charge < -0.3 is 10.1 Å². The molecule has 0 saturated carbocycles. The number of hydrogen-bond donors (Lipinski definition) is 1. The van der Waals surface area contributed by atoms with E-state index in [1.165, 1.54) is 22.6 Å². The monoisotopic (exact) mass is 443 g/mol. The summed E-state index contributed by atoms with van der Waals surface area (Å²) in [7, 11) is -3.72. The number of ether oxygens (including phenoxy) is 1. The first kappa shape index (κ1) is 23.0. The molecule has 0 spiro atoms. The zero-order valence-corrected chi connectivity index (χ0v) is 18.7. The normalized spacial score (nSPS) is 21.9. The minimum Gasteiger partial charge on any atom is -0.477 e. The summed E-state index contributed by atoms with van der Waals surface area (Å²) in [5, 5.41) is 2.87. The third-order valence-electron chi connectivity index (χ3n) is 5.42. The topological polar surface area (TPSA) is 88.6 Å². The van der Waals surface area contributed by atoms with Crippen molar-refractivity contribution in [3.8, 4) is 5.88 Å². The van der Waals surface area contributed by atoms with Gasteiger partial charge in [-0.25, -0.2) is 13.4 Å². The van der Waals surface area contributed by atoms with Crippen LogP contribution < -0.4 is 10.1 Å². The molecule has 1 N–H and O–H groups in total. The molecule has 31 heavy (non-hydrogen) atoms. The standard InChI is InChI=1S/C23H29N3O4S/c1-4-22(27)25-20-14-17(2)26(18(3)15-20)31(28,29)21-10-11-23(24-16-21)30-13-12-19-8-6-5-7-9-19/h4-11,16-18,20H,1,12-15H2,2-3H3,(H,25,27). The van der Waals surface area contributed by atoms with Crippen molar-refractivity contribution in [3.63, 3.8) is 0 Å². The number of piperidine rings is 1. The Labute approximate surface area is 184 Å². The molecule has 1 aliphatic rings. The summed E-state index contributed by atoms with van der Waals surface area (Å²) in [5.74, 6) is 0.148. The Morgan fingerprint density at radius 3 is 2.45 bits per heavy atom. The third-order valence-corrected chi connectivity index (χ3v) is 7.53. The van der Waals surface area contributed by atoms with Gasteiger partial charge in [0.15, 0.2) is 0 Å². The van der Waals surface area contributed by atoms with Crippen molar-refractivity contribution in [2.45, 2.75) is 56.1 Å². The van der Waals surface area contributed by atoms with E-state index < -0.39 is 10.0 Å². The summed E-state index contributed by atoms with van der Waals surface area (Å²) in [6.07, 6.45) is 4.40. The number of nitrogens with one attached hydrogen (secondary N) is 1. The lowest BCUT2D eigenvalue weighted by Crippen LogP contribution is -2.54. The molecule has 3 rings (SSSR count). The molecule has 1 aliphatic heterocycles. The van der Waals surface area contributed by atoms with Crippen LogP contribution in [0.1, 0.15) is 32.3 Å². The Kier molecular flexibility index (Phi) is 7.46. The molecule has 2 unspecified atom stereocenters. The molecular weight excluding hydrogens is 414 g/mol. The summed E-state index contributed by atoms with van der Waals surface area (Å²) in [5.41, 5.74) is 1.16. The molecule has 2 atom stereocenters. The van der Waals surface area contributed by atoms with Crippen molar-refractivity contribution in [1.82, 2.24) is 14.6 Å². The molecule has 0 radical (unpaired) electrons. The van der Waals surface area contributed by atoms with E-state index in [1.807, 2.05) is 44.2 Å². The van der Waals surface area contributed by atoms with Gasteiger partial charge in [0.1, 0.15) is 4.90 Å². The van der Waals surface area contributed by atoms with Gasteiger partial charge in [-0.1, -0.05) is 36.9 Å². The van der Waals surface area contributed by atoms with Crippen LogP contribution in [0.25, 0.3) is 0 Å². The first-order valence-electron chi connectivity index (χ1n) is 10.4. The first-order valence-corrected chi connectivity index (χ1v) is 11.8. The molecular formula is C23H29N3O4S. The van der Waals surface area contributed by atoms with Gasteiger partial charge in [0.2, 0.25) is 21.8 Å². The second-order valence-electron chi connectivity index (χ2n) is 7.83. The summed E-state index contributed by atoms with van der Waals surface area (Å²) in [4.78, 5) is 15.9. The zero-order valence-electron chi connectivity index (χ0n) is 17.9. The van der Waals surface area contributed by atoms with Crippen LogP contribution in [0.2, 0.25) is 0 Å². The smallest absolute Gasteiger partial charge is 0.245 e. The fourth-order valence-corrected chi connectivity index (χ4v) is 5.85. The molecule has 1 fully saturated rings. The van der Waals surface area contributed by atoms with Gasteiger partial charge >= 0.3 is 0 Å². The van der Waals surface area contributed by atoms with Crippen molar-refractivity contribution in [1.29, 1.82) is 0 Å². The molecule has 1 saturated heterocycles. The molecule has 2 heterocycles. The number of amides is 1. The average molecular weight is 444 g/mol. The average Bonchev–Trinajstić information content (AvgIpc) is 2.74. The SMILES string of the molecule is C=CC(=O)NC1CC(C)N(S(=O)(=O)c2ccc(OCCc3ccccc3)nc2)C(C)C1. The molecule has 1 aromatic carbocycles. The fourth-order valence-electron chi connectivity index (χ4n) is 4.06. The lowest BCUT2D eigenvalue weighted by Gasteiger charge is -2.41. The highest BCUT2D eigenvalue weighted by molar-refractivity contribution is 7.89. The molecule has 1 aromatic heterocycles. The number of carbonyl (C=O) groups is 1. The zero-order chi connectivity index (χ0) is 22.4. The van der Waals surface area contributed by atoms with Gasteiger partial charge in [-0.15, -0.1) is 0 Å². The Balaban J connectivity index is 1.63. The van der Waals surface area contributed by atoms with Crippen molar-refractivity contribution in [2.24, 2.45) is 0 Å². The van der Waals surface area contributed by atoms with Gasteiger partial charge in [0, 0.05) is 30.6 Å². The van der Waals surface area contributed by atoms with E-state index in [2.05, 4.69) is 16.9 Å².